The molecule has 1 aromatic carbocycles. The van der Waals surface area contributed by atoms with Gasteiger partial charge in [-0.2, -0.15) is 0 Å². The Labute approximate surface area is 194 Å². The minimum Gasteiger partial charge on any atom is -0.379 e. The fourth-order valence-electron chi connectivity index (χ4n) is 4.93. The van der Waals surface area contributed by atoms with E-state index in [0.29, 0.717) is 34.5 Å². The van der Waals surface area contributed by atoms with Gasteiger partial charge in [0, 0.05) is 37.7 Å². The average molecular weight is 468 g/mol. The first kappa shape index (κ1) is 22.8. The van der Waals surface area contributed by atoms with Crippen LogP contribution in [-0.4, -0.2) is 85.0 Å². The lowest BCUT2D eigenvalue weighted by Gasteiger charge is -2.36. The number of hydrogen-bond donors (Lipinski definition) is 0. The van der Waals surface area contributed by atoms with Gasteiger partial charge in [-0.05, 0) is 62.8 Å². The number of carbonyl (C=O) groups is 2. The van der Waals surface area contributed by atoms with Gasteiger partial charge in [-0.15, -0.1) is 0 Å². The summed E-state index contributed by atoms with van der Waals surface area (Å²) >= 11 is 12.3. The Balaban J connectivity index is 1.30. The lowest BCUT2D eigenvalue weighted by Crippen LogP contribution is -2.50. The Morgan fingerprint density at radius 3 is 2.48 bits per heavy atom. The number of piperidine rings is 1. The van der Waals surface area contributed by atoms with Gasteiger partial charge in [0.1, 0.15) is 6.04 Å². The van der Waals surface area contributed by atoms with Crippen molar-refractivity contribution >= 4 is 35.0 Å². The van der Waals surface area contributed by atoms with Crippen molar-refractivity contribution in [3.05, 3.63) is 33.8 Å². The van der Waals surface area contributed by atoms with E-state index in [4.69, 9.17) is 27.9 Å². The lowest BCUT2D eigenvalue weighted by atomic mass is 9.92. The average Bonchev–Trinajstić information content (AvgIpc) is 3.29. The zero-order chi connectivity index (χ0) is 21.8. The quantitative estimate of drug-likeness (QED) is 0.664. The molecule has 0 N–H and O–H groups in total. The van der Waals surface area contributed by atoms with Crippen molar-refractivity contribution in [1.82, 2.24) is 14.7 Å². The van der Waals surface area contributed by atoms with Gasteiger partial charge in [0.15, 0.2) is 0 Å². The van der Waals surface area contributed by atoms with Crippen LogP contribution < -0.4 is 0 Å². The van der Waals surface area contributed by atoms with Gasteiger partial charge in [0.25, 0.3) is 5.91 Å². The van der Waals surface area contributed by atoms with Crippen molar-refractivity contribution in [2.24, 2.45) is 5.92 Å². The third-order valence-electron chi connectivity index (χ3n) is 6.84. The van der Waals surface area contributed by atoms with Gasteiger partial charge >= 0.3 is 0 Å². The molecule has 3 saturated heterocycles. The highest BCUT2D eigenvalue weighted by Gasteiger charge is 2.38. The molecule has 0 aliphatic carbocycles. The van der Waals surface area contributed by atoms with Crippen LogP contribution in [0.15, 0.2) is 18.2 Å². The van der Waals surface area contributed by atoms with E-state index in [1.165, 1.54) is 6.42 Å². The molecular weight excluding hydrogens is 437 g/mol. The van der Waals surface area contributed by atoms with E-state index in [0.717, 1.165) is 65.2 Å². The highest BCUT2D eigenvalue weighted by atomic mass is 35.5. The SMILES string of the molecule is O=C(C1CCCN1C(=O)c1cc(Cl)ccc1Cl)N1CCC(CCN2CCOCC2)CC1. The van der Waals surface area contributed by atoms with Gasteiger partial charge in [-0.1, -0.05) is 23.2 Å². The second-order valence-electron chi connectivity index (χ2n) is 8.79. The highest BCUT2D eigenvalue weighted by molar-refractivity contribution is 6.35. The summed E-state index contributed by atoms with van der Waals surface area (Å²) in [5, 5.41) is 0.836. The Hall–Kier alpha value is -1.34. The zero-order valence-corrected chi connectivity index (χ0v) is 19.4. The summed E-state index contributed by atoms with van der Waals surface area (Å²) < 4.78 is 5.42. The van der Waals surface area contributed by atoms with Crippen molar-refractivity contribution in [2.75, 3.05) is 52.5 Å². The van der Waals surface area contributed by atoms with Crippen LogP contribution in [0.1, 0.15) is 42.5 Å². The van der Waals surface area contributed by atoms with E-state index >= 15 is 0 Å². The molecule has 1 unspecified atom stereocenters. The molecule has 2 amide bonds. The monoisotopic (exact) mass is 467 g/mol. The molecule has 8 heteroatoms. The minimum atomic E-state index is -0.396. The third-order valence-corrected chi connectivity index (χ3v) is 7.41. The third kappa shape index (κ3) is 5.54. The number of ether oxygens (including phenoxy) is 1. The summed E-state index contributed by atoms with van der Waals surface area (Å²) in [6.45, 7) is 6.99. The summed E-state index contributed by atoms with van der Waals surface area (Å²) in [7, 11) is 0. The molecular formula is C23H31Cl2N3O3. The molecule has 1 atom stereocenters. The largest absolute Gasteiger partial charge is 0.379 e. The van der Waals surface area contributed by atoms with Crippen molar-refractivity contribution in [2.45, 2.75) is 38.1 Å². The Kier molecular flexibility index (Phi) is 7.75. The van der Waals surface area contributed by atoms with Crippen LogP contribution in [0.2, 0.25) is 10.0 Å². The Bertz CT molecular complexity index is 792. The smallest absolute Gasteiger partial charge is 0.256 e. The maximum atomic E-state index is 13.3. The van der Waals surface area contributed by atoms with Crippen LogP contribution in [0.5, 0.6) is 0 Å². The van der Waals surface area contributed by atoms with E-state index in [9.17, 15) is 9.59 Å². The van der Waals surface area contributed by atoms with Crippen molar-refractivity contribution in [1.29, 1.82) is 0 Å². The number of rotatable bonds is 5. The second kappa shape index (κ2) is 10.5. The fraction of sp³-hybridized carbons (Fsp3) is 0.652. The number of benzene rings is 1. The summed E-state index contributed by atoms with van der Waals surface area (Å²) in [5.41, 5.74) is 0.371. The first-order chi connectivity index (χ1) is 15.0. The molecule has 0 radical (unpaired) electrons. The predicted molar refractivity (Wildman–Crippen MR) is 122 cm³/mol. The molecule has 4 rings (SSSR count). The molecule has 0 aromatic heterocycles. The standard InChI is InChI=1S/C23H31Cl2N3O3/c24-18-3-4-20(25)19(16-18)22(29)28-8-1-2-21(28)23(30)27-10-6-17(7-11-27)5-9-26-12-14-31-15-13-26/h3-4,16-17,21H,1-2,5-15H2. The van der Waals surface area contributed by atoms with Gasteiger partial charge in [0.2, 0.25) is 5.91 Å². The molecule has 3 aliphatic rings. The van der Waals surface area contributed by atoms with E-state index in [1.807, 2.05) is 4.90 Å². The van der Waals surface area contributed by atoms with Crippen LogP contribution in [0.25, 0.3) is 0 Å². The van der Waals surface area contributed by atoms with Crippen LogP contribution in [0.3, 0.4) is 0 Å². The molecule has 6 nitrogen and oxygen atoms in total. The van der Waals surface area contributed by atoms with Crippen LogP contribution in [0.4, 0.5) is 0 Å². The van der Waals surface area contributed by atoms with Crippen molar-refractivity contribution in [3.8, 4) is 0 Å². The highest BCUT2D eigenvalue weighted by Crippen LogP contribution is 2.29. The minimum absolute atomic E-state index is 0.0793. The predicted octanol–water partition coefficient (Wildman–Crippen LogP) is 3.56. The van der Waals surface area contributed by atoms with Crippen molar-refractivity contribution < 1.29 is 14.3 Å². The van der Waals surface area contributed by atoms with E-state index < -0.39 is 6.04 Å². The number of nitrogens with zero attached hydrogens (tertiary/aromatic N) is 3. The molecule has 3 aliphatic heterocycles. The van der Waals surface area contributed by atoms with Gasteiger partial charge in [-0.3, -0.25) is 14.5 Å². The fourth-order valence-corrected chi connectivity index (χ4v) is 5.30. The maximum Gasteiger partial charge on any atom is 0.256 e. The molecule has 3 fully saturated rings. The summed E-state index contributed by atoms with van der Waals surface area (Å²) in [4.78, 5) is 32.5. The summed E-state index contributed by atoms with van der Waals surface area (Å²) in [5.74, 6) is 0.540. The molecule has 31 heavy (non-hydrogen) atoms. The van der Waals surface area contributed by atoms with Gasteiger partial charge in [0.05, 0.1) is 23.8 Å². The summed E-state index contributed by atoms with van der Waals surface area (Å²) in [6, 6.07) is 4.49. The number of amides is 2. The van der Waals surface area contributed by atoms with Crippen LogP contribution in [-0.2, 0) is 9.53 Å². The Morgan fingerprint density at radius 2 is 1.74 bits per heavy atom. The Morgan fingerprint density at radius 1 is 1.00 bits per heavy atom. The molecule has 0 saturated carbocycles. The first-order valence-electron chi connectivity index (χ1n) is 11.4. The zero-order valence-electron chi connectivity index (χ0n) is 17.9. The lowest BCUT2D eigenvalue weighted by molar-refractivity contribution is -0.136. The van der Waals surface area contributed by atoms with Crippen LogP contribution >= 0.6 is 23.2 Å². The summed E-state index contributed by atoms with van der Waals surface area (Å²) in [6.07, 6.45) is 4.80. The van der Waals surface area contributed by atoms with E-state index in [1.54, 1.807) is 23.1 Å². The van der Waals surface area contributed by atoms with Gasteiger partial charge < -0.3 is 14.5 Å². The number of carbonyl (C=O) groups excluding carboxylic acids is 2. The molecule has 3 heterocycles. The molecule has 0 spiro atoms. The van der Waals surface area contributed by atoms with Crippen LogP contribution in [0, 0.1) is 5.92 Å². The normalized spacial score (nSPS) is 23.4. The number of likely N-dealkylation sites (tertiary alicyclic amines) is 2. The topological polar surface area (TPSA) is 53.1 Å². The molecule has 1 aromatic rings. The van der Waals surface area contributed by atoms with E-state index in [2.05, 4.69) is 4.90 Å². The number of hydrogen-bond acceptors (Lipinski definition) is 4. The molecule has 170 valence electrons. The van der Waals surface area contributed by atoms with E-state index in [-0.39, 0.29) is 11.8 Å². The first-order valence-corrected chi connectivity index (χ1v) is 12.1. The number of morpholine rings is 1. The van der Waals surface area contributed by atoms with Gasteiger partial charge in [-0.25, -0.2) is 0 Å². The number of halogens is 2. The molecule has 0 bridgehead atoms. The second-order valence-corrected chi connectivity index (χ2v) is 9.64. The maximum absolute atomic E-state index is 13.3. The van der Waals surface area contributed by atoms with Crippen molar-refractivity contribution in [3.63, 3.8) is 0 Å².